The number of nitrogens with one attached hydrogen (secondary N) is 1. The summed E-state index contributed by atoms with van der Waals surface area (Å²) in [6.45, 7) is 0.453. The molecule has 32 heavy (non-hydrogen) atoms. The van der Waals surface area contributed by atoms with Crippen LogP contribution < -0.4 is 14.9 Å². The van der Waals surface area contributed by atoms with Gasteiger partial charge in [0.1, 0.15) is 6.61 Å². The van der Waals surface area contributed by atoms with E-state index in [0.29, 0.717) is 18.1 Å². The number of rotatable bonds is 8. The summed E-state index contributed by atoms with van der Waals surface area (Å²) < 4.78 is 11.3. The van der Waals surface area contributed by atoms with Crippen LogP contribution in [0.1, 0.15) is 16.7 Å². The van der Waals surface area contributed by atoms with E-state index >= 15 is 0 Å². The Morgan fingerprint density at radius 1 is 0.906 bits per heavy atom. The summed E-state index contributed by atoms with van der Waals surface area (Å²) in [7, 11) is 1.59. The van der Waals surface area contributed by atoms with Crippen molar-refractivity contribution in [3.05, 3.63) is 108 Å². The van der Waals surface area contributed by atoms with Crippen molar-refractivity contribution in [1.29, 1.82) is 0 Å². The van der Waals surface area contributed by atoms with Gasteiger partial charge in [0.05, 0.1) is 19.7 Å². The Hall–Kier alpha value is -4.12. The van der Waals surface area contributed by atoms with Crippen LogP contribution in [-0.2, 0) is 17.8 Å². The van der Waals surface area contributed by atoms with Gasteiger partial charge in [0.15, 0.2) is 11.5 Å². The molecule has 0 spiro atoms. The van der Waals surface area contributed by atoms with Crippen molar-refractivity contribution >= 4 is 22.9 Å². The van der Waals surface area contributed by atoms with Gasteiger partial charge in [-0.15, -0.1) is 0 Å². The zero-order valence-corrected chi connectivity index (χ0v) is 17.8. The molecular weight excluding hydrogens is 400 g/mol. The summed E-state index contributed by atoms with van der Waals surface area (Å²) in [5.41, 5.74) is 5.44. The van der Waals surface area contributed by atoms with Crippen molar-refractivity contribution in [2.75, 3.05) is 7.11 Å². The van der Waals surface area contributed by atoms with Crippen LogP contribution in [0.4, 0.5) is 0 Å². The molecule has 4 aromatic carbocycles. The van der Waals surface area contributed by atoms with Gasteiger partial charge in [-0.2, -0.15) is 5.10 Å². The zero-order chi connectivity index (χ0) is 22.2. The van der Waals surface area contributed by atoms with Crippen LogP contribution in [-0.4, -0.2) is 19.2 Å². The minimum absolute atomic E-state index is 0.174. The number of amides is 1. The van der Waals surface area contributed by atoms with Crippen molar-refractivity contribution in [2.45, 2.75) is 13.0 Å². The Balaban J connectivity index is 1.37. The van der Waals surface area contributed by atoms with Gasteiger partial charge in [-0.1, -0.05) is 72.8 Å². The van der Waals surface area contributed by atoms with Crippen molar-refractivity contribution in [3.8, 4) is 11.5 Å². The number of fused-ring (bicyclic) bond motifs is 1. The Morgan fingerprint density at radius 3 is 2.53 bits per heavy atom. The van der Waals surface area contributed by atoms with E-state index < -0.39 is 0 Å². The van der Waals surface area contributed by atoms with Crippen molar-refractivity contribution in [3.63, 3.8) is 0 Å². The minimum Gasteiger partial charge on any atom is -0.493 e. The second kappa shape index (κ2) is 10.3. The number of benzene rings is 4. The summed E-state index contributed by atoms with van der Waals surface area (Å²) in [5.74, 6) is 1.08. The third-order valence-corrected chi connectivity index (χ3v) is 5.06. The fourth-order valence-corrected chi connectivity index (χ4v) is 3.46. The number of methoxy groups -OCH3 is 1. The van der Waals surface area contributed by atoms with Crippen LogP contribution in [0.5, 0.6) is 11.5 Å². The molecule has 0 radical (unpaired) electrons. The molecule has 0 fully saturated rings. The van der Waals surface area contributed by atoms with Gasteiger partial charge in [-0.25, -0.2) is 5.43 Å². The lowest BCUT2D eigenvalue weighted by Gasteiger charge is -2.11. The molecule has 1 N–H and O–H groups in total. The van der Waals surface area contributed by atoms with E-state index in [-0.39, 0.29) is 12.3 Å². The molecule has 1 amide bonds. The number of nitrogens with zero attached hydrogens (tertiary/aromatic N) is 1. The maximum Gasteiger partial charge on any atom is 0.244 e. The Bertz CT molecular complexity index is 1230. The van der Waals surface area contributed by atoms with E-state index in [0.717, 1.165) is 27.5 Å². The molecule has 4 aromatic rings. The second-order valence-corrected chi connectivity index (χ2v) is 7.29. The highest BCUT2D eigenvalue weighted by Crippen LogP contribution is 2.28. The standard InChI is InChI=1S/C27H24N2O3/c1-31-26-16-21(14-15-25(26)32-19-20-8-3-2-4-9-20)18-28-29-27(30)17-23-12-7-11-22-10-5-6-13-24(22)23/h2-16,18H,17,19H2,1H3,(H,29,30)/b28-18+. The lowest BCUT2D eigenvalue weighted by atomic mass is 10.0. The monoisotopic (exact) mass is 424 g/mol. The molecule has 0 aliphatic heterocycles. The number of hydrogen-bond donors (Lipinski definition) is 1. The van der Waals surface area contributed by atoms with Gasteiger partial charge in [-0.3, -0.25) is 4.79 Å². The first kappa shape index (κ1) is 21.1. The fourth-order valence-electron chi connectivity index (χ4n) is 3.46. The minimum atomic E-state index is -0.174. The fraction of sp³-hybridized carbons (Fsp3) is 0.111. The van der Waals surface area contributed by atoms with Crippen molar-refractivity contribution in [1.82, 2.24) is 5.43 Å². The quantitative estimate of drug-likeness (QED) is 0.315. The van der Waals surface area contributed by atoms with Crippen LogP contribution in [0.15, 0.2) is 96.1 Å². The van der Waals surface area contributed by atoms with Crippen LogP contribution in [0.25, 0.3) is 10.8 Å². The number of carbonyl (C=O) groups excluding carboxylic acids is 1. The topological polar surface area (TPSA) is 59.9 Å². The highest BCUT2D eigenvalue weighted by atomic mass is 16.5. The average molecular weight is 425 g/mol. The molecule has 5 heteroatoms. The van der Waals surface area contributed by atoms with Crippen LogP contribution >= 0.6 is 0 Å². The van der Waals surface area contributed by atoms with Gasteiger partial charge >= 0.3 is 0 Å². The van der Waals surface area contributed by atoms with Crippen LogP contribution in [0.2, 0.25) is 0 Å². The third kappa shape index (κ3) is 5.32. The SMILES string of the molecule is COc1cc(/C=N/NC(=O)Cc2cccc3ccccc23)ccc1OCc1ccccc1. The van der Waals surface area contributed by atoms with E-state index in [9.17, 15) is 4.79 Å². The Kier molecular flexibility index (Phi) is 6.78. The predicted molar refractivity (Wildman–Crippen MR) is 127 cm³/mol. The molecule has 160 valence electrons. The Morgan fingerprint density at radius 2 is 1.69 bits per heavy atom. The smallest absolute Gasteiger partial charge is 0.244 e. The Labute approximate surface area is 187 Å². The molecule has 4 rings (SSSR count). The van der Waals surface area contributed by atoms with Gasteiger partial charge in [-0.05, 0) is 45.7 Å². The lowest BCUT2D eigenvalue weighted by Crippen LogP contribution is -2.19. The lowest BCUT2D eigenvalue weighted by molar-refractivity contribution is -0.120. The summed E-state index contributed by atoms with van der Waals surface area (Å²) in [6, 6.07) is 29.4. The third-order valence-electron chi connectivity index (χ3n) is 5.06. The molecule has 0 aromatic heterocycles. The summed E-state index contributed by atoms with van der Waals surface area (Å²) in [5, 5.41) is 6.28. The molecule has 0 heterocycles. The van der Waals surface area contributed by atoms with E-state index in [4.69, 9.17) is 9.47 Å². The van der Waals surface area contributed by atoms with Crippen molar-refractivity contribution in [2.24, 2.45) is 5.10 Å². The highest BCUT2D eigenvalue weighted by Gasteiger charge is 2.07. The van der Waals surface area contributed by atoms with Gasteiger partial charge in [0.2, 0.25) is 5.91 Å². The molecule has 0 aliphatic carbocycles. The van der Waals surface area contributed by atoms with Gasteiger partial charge < -0.3 is 9.47 Å². The summed E-state index contributed by atoms with van der Waals surface area (Å²) >= 11 is 0. The van der Waals surface area contributed by atoms with Gasteiger partial charge in [0, 0.05) is 0 Å². The maximum atomic E-state index is 12.4. The molecule has 5 nitrogen and oxygen atoms in total. The van der Waals surface area contributed by atoms with E-state index in [1.54, 1.807) is 13.3 Å². The number of hydrogen-bond acceptors (Lipinski definition) is 4. The molecular formula is C27H24N2O3. The van der Waals surface area contributed by atoms with Crippen LogP contribution in [0, 0.1) is 0 Å². The summed E-state index contributed by atoms with van der Waals surface area (Å²) in [4.78, 5) is 12.4. The first-order valence-corrected chi connectivity index (χ1v) is 10.4. The predicted octanol–water partition coefficient (Wildman–Crippen LogP) is 5.12. The molecule has 0 aliphatic rings. The number of ether oxygens (including phenoxy) is 2. The van der Waals surface area contributed by atoms with Gasteiger partial charge in [0.25, 0.3) is 0 Å². The molecule has 0 saturated carbocycles. The average Bonchev–Trinajstić information content (AvgIpc) is 2.84. The second-order valence-electron chi connectivity index (χ2n) is 7.29. The normalized spacial score (nSPS) is 10.9. The van der Waals surface area contributed by atoms with Crippen LogP contribution in [0.3, 0.4) is 0 Å². The largest absolute Gasteiger partial charge is 0.493 e. The van der Waals surface area contributed by atoms with E-state index in [2.05, 4.69) is 10.5 Å². The van der Waals surface area contributed by atoms with E-state index in [1.807, 2.05) is 91.0 Å². The summed E-state index contributed by atoms with van der Waals surface area (Å²) in [6.07, 6.45) is 1.85. The molecule has 0 bridgehead atoms. The maximum absolute atomic E-state index is 12.4. The molecule has 0 atom stereocenters. The molecule has 0 unspecified atom stereocenters. The van der Waals surface area contributed by atoms with Crippen molar-refractivity contribution < 1.29 is 14.3 Å². The first-order chi connectivity index (χ1) is 15.7. The number of hydrazone groups is 1. The molecule has 0 saturated heterocycles. The zero-order valence-electron chi connectivity index (χ0n) is 17.8. The number of carbonyl (C=O) groups is 1. The van der Waals surface area contributed by atoms with E-state index in [1.165, 1.54) is 0 Å². The first-order valence-electron chi connectivity index (χ1n) is 10.4. The highest BCUT2D eigenvalue weighted by molar-refractivity contribution is 5.90.